The lowest BCUT2D eigenvalue weighted by Gasteiger charge is -2.33. The van der Waals surface area contributed by atoms with E-state index in [-0.39, 0.29) is 23.9 Å². The van der Waals surface area contributed by atoms with Gasteiger partial charge in [0.25, 0.3) is 5.91 Å². The summed E-state index contributed by atoms with van der Waals surface area (Å²) in [5.41, 5.74) is 2.27. The van der Waals surface area contributed by atoms with Crippen molar-refractivity contribution in [2.45, 2.75) is 58.0 Å². The number of hydrogen-bond donors (Lipinski definition) is 3. The highest BCUT2D eigenvalue weighted by atomic mass is 32.1. The molecule has 11 heteroatoms. The highest BCUT2D eigenvalue weighted by molar-refractivity contribution is 7.21. The number of aryl methyl sites for hydroxylation is 1. The SMILES string of the molecule is CCC(=O)NC1CCCC[C@H]1NC(=O)c1sc2nccc3c2c1NC(=O)N3c1ccc(Oc2ccccc2)nc1C. The van der Waals surface area contributed by atoms with Crippen LogP contribution in [-0.4, -0.2) is 39.9 Å². The van der Waals surface area contributed by atoms with E-state index in [1.54, 1.807) is 29.3 Å². The van der Waals surface area contributed by atoms with Crippen molar-refractivity contribution in [3.63, 3.8) is 0 Å². The van der Waals surface area contributed by atoms with Crippen LogP contribution >= 0.6 is 11.3 Å². The molecule has 3 N–H and O–H groups in total. The molecular formula is C30H30N6O4S. The third-order valence-electron chi connectivity index (χ3n) is 7.44. The number of pyridine rings is 2. The Morgan fingerprint density at radius 3 is 2.54 bits per heavy atom. The lowest BCUT2D eigenvalue weighted by molar-refractivity contribution is -0.121. The zero-order valence-electron chi connectivity index (χ0n) is 22.8. The van der Waals surface area contributed by atoms with Crippen molar-refractivity contribution in [1.82, 2.24) is 20.6 Å². The third kappa shape index (κ3) is 5.20. The maximum Gasteiger partial charge on any atom is 0.331 e. The van der Waals surface area contributed by atoms with Gasteiger partial charge in [-0.3, -0.25) is 14.5 Å². The monoisotopic (exact) mass is 570 g/mol. The number of ether oxygens (including phenoxy) is 1. The summed E-state index contributed by atoms with van der Waals surface area (Å²) in [6.45, 7) is 3.63. The van der Waals surface area contributed by atoms with Crippen molar-refractivity contribution in [2.75, 3.05) is 10.2 Å². The quantitative estimate of drug-likeness (QED) is 0.249. The van der Waals surface area contributed by atoms with Crippen molar-refractivity contribution in [2.24, 2.45) is 0 Å². The molecule has 6 rings (SSSR count). The summed E-state index contributed by atoms with van der Waals surface area (Å²) < 4.78 is 5.86. The van der Waals surface area contributed by atoms with Crippen LogP contribution in [-0.2, 0) is 4.79 Å². The topological polar surface area (TPSA) is 126 Å². The molecule has 1 unspecified atom stereocenters. The minimum Gasteiger partial charge on any atom is -0.439 e. The number of thiophene rings is 1. The summed E-state index contributed by atoms with van der Waals surface area (Å²) >= 11 is 1.24. The van der Waals surface area contributed by atoms with Crippen LogP contribution in [0.4, 0.5) is 21.9 Å². The summed E-state index contributed by atoms with van der Waals surface area (Å²) in [6, 6.07) is 14.0. The standard InChI is InChI=1S/C30H30N6O4S/c1-3-23(37)33-19-11-7-8-12-20(19)34-28(38)27-26-25-22(15-16-31-29(25)41-27)36(30(39)35-26)21-13-14-24(32-17(21)2)40-18-9-5-4-6-10-18/h4-6,9-10,13-16,19-20H,3,7-8,11-12H2,1-2H3,(H,33,37)(H,34,38)(H,35,39)/t19?,20-/m1/s1. The van der Waals surface area contributed by atoms with Gasteiger partial charge < -0.3 is 20.7 Å². The van der Waals surface area contributed by atoms with Gasteiger partial charge in [-0.25, -0.2) is 14.8 Å². The first-order valence-electron chi connectivity index (χ1n) is 13.8. The van der Waals surface area contributed by atoms with Crippen LogP contribution < -0.4 is 25.6 Å². The number of benzene rings is 1. The first kappa shape index (κ1) is 26.7. The van der Waals surface area contributed by atoms with E-state index in [1.807, 2.05) is 44.2 Å². The third-order valence-corrected chi connectivity index (χ3v) is 8.54. The van der Waals surface area contributed by atoms with E-state index in [0.717, 1.165) is 25.7 Å². The van der Waals surface area contributed by atoms with E-state index in [2.05, 4.69) is 25.9 Å². The molecule has 0 spiro atoms. The number of carbonyl (C=O) groups excluding carboxylic acids is 3. The predicted molar refractivity (Wildman–Crippen MR) is 158 cm³/mol. The number of urea groups is 1. The minimum atomic E-state index is -0.398. The minimum absolute atomic E-state index is 0.0289. The maximum absolute atomic E-state index is 13.6. The molecule has 1 aliphatic carbocycles. The van der Waals surface area contributed by atoms with Gasteiger partial charge in [0.2, 0.25) is 11.8 Å². The van der Waals surface area contributed by atoms with E-state index in [1.165, 1.54) is 11.3 Å². The molecule has 2 atom stereocenters. The first-order chi connectivity index (χ1) is 19.9. The molecule has 1 aliphatic heterocycles. The molecule has 3 aromatic heterocycles. The fraction of sp³-hybridized carbons (Fsp3) is 0.300. The lowest BCUT2D eigenvalue weighted by Crippen LogP contribution is -2.53. The molecule has 41 heavy (non-hydrogen) atoms. The summed E-state index contributed by atoms with van der Waals surface area (Å²) in [5, 5.41) is 9.82. The Kier molecular flexibility index (Phi) is 7.27. The fourth-order valence-corrected chi connectivity index (χ4v) is 6.46. The predicted octanol–water partition coefficient (Wildman–Crippen LogP) is 6.04. The van der Waals surface area contributed by atoms with Crippen molar-refractivity contribution >= 4 is 56.5 Å². The molecule has 2 aliphatic rings. The summed E-state index contributed by atoms with van der Waals surface area (Å²) in [4.78, 5) is 50.8. The van der Waals surface area contributed by atoms with E-state index in [0.29, 0.717) is 55.9 Å². The Bertz CT molecular complexity index is 1640. The van der Waals surface area contributed by atoms with E-state index in [4.69, 9.17) is 4.74 Å². The average molecular weight is 571 g/mol. The van der Waals surface area contributed by atoms with Gasteiger partial charge in [0.15, 0.2) is 0 Å². The Morgan fingerprint density at radius 2 is 1.80 bits per heavy atom. The maximum atomic E-state index is 13.6. The number of anilines is 3. The highest BCUT2D eigenvalue weighted by Crippen LogP contribution is 2.46. The summed E-state index contributed by atoms with van der Waals surface area (Å²) in [5.74, 6) is 0.769. The second kappa shape index (κ2) is 11.2. The zero-order valence-corrected chi connectivity index (χ0v) is 23.6. The molecule has 4 aromatic rings. The number of nitrogens with zero attached hydrogens (tertiary/aromatic N) is 3. The Hall–Kier alpha value is -4.51. The van der Waals surface area contributed by atoms with Crippen molar-refractivity contribution in [3.05, 3.63) is 65.3 Å². The average Bonchev–Trinajstić information content (AvgIpc) is 3.35. The van der Waals surface area contributed by atoms with Crippen LogP contribution in [0.15, 0.2) is 54.7 Å². The first-order valence-corrected chi connectivity index (χ1v) is 14.6. The van der Waals surface area contributed by atoms with Gasteiger partial charge in [0.1, 0.15) is 15.5 Å². The van der Waals surface area contributed by atoms with Gasteiger partial charge in [-0.1, -0.05) is 38.0 Å². The number of amides is 4. The highest BCUT2D eigenvalue weighted by Gasteiger charge is 2.35. The number of hydrogen-bond acceptors (Lipinski definition) is 7. The summed E-state index contributed by atoms with van der Waals surface area (Å²) in [6.07, 6.45) is 5.60. The van der Waals surface area contributed by atoms with Gasteiger partial charge in [-0.2, -0.15) is 0 Å². The Morgan fingerprint density at radius 1 is 1.05 bits per heavy atom. The normalized spacial score (nSPS) is 18.1. The molecule has 1 fully saturated rings. The molecule has 210 valence electrons. The van der Waals surface area contributed by atoms with Crippen molar-refractivity contribution < 1.29 is 19.1 Å². The molecule has 1 aromatic carbocycles. The van der Waals surface area contributed by atoms with Crippen LogP contribution in [0.5, 0.6) is 11.6 Å². The summed E-state index contributed by atoms with van der Waals surface area (Å²) in [7, 11) is 0. The molecule has 10 nitrogen and oxygen atoms in total. The Balaban J connectivity index is 1.30. The van der Waals surface area contributed by atoms with E-state index >= 15 is 0 Å². The lowest BCUT2D eigenvalue weighted by atomic mass is 9.90. The number of nitrogens with one attached hydrogen (secondary N) is 3. The molecule has 1 saturated carbocycles. The van der Waals surface area contributed by atoms with Crippen LogP contribution in [0.3, 0.4) is 0 Å². The molecular weight excluding hydrogens is 540 g/mol. The number of aromatic nitrogens is 2. The molecule has 0 bridgehead atoms. The van der Waals surface area contributed by atoms with Crippen LogP contribution in [0.25, 0.3) is 10.2 Å². The van der Waals surface area contributed by atoms with Crippen molar-refractivity contribution in [1.29, 1.82) is 0 Å². The van der Waals surface area contributed by atoms with Crippen LogP contribution in [0, 0.1) is 6.92 Å². The second-order valence-electron chi connectivity index (χ2n) is 10.1. The fourth-order valence-electron chi connectivity index (χ4n) is 5.44. The number of carbonyl (C=O) groups is 3. The molecule has 0 saturated heterocycles. The van der Waals surface area contributed by atoms with Crippen molar-refractivity contribution in [3.8, 4) is 11.6 Å². The second-order valence-corrected chi connectivity index (χ2v) is 11.1. The van der Waals surface area contributed by atoms with Gasteiger partial charge >= 0.3 is 6.03 Å². The molecule has 4 amide bonds. The largest absolute Gasteiger partial charge is 0.439 e. The van der Waals surface area contributed by atoms with Gasteiger partial charge in [-0.05, 0) is 44.0 Å². The molecule has 4 heterocycles. The van der Waals surface area contributed by atoms with Gasteiger partial charge in [0, 0.05) is 30.8 Å². The zero-order chi connectivity index (χ0) is 28.5. The van der Waals surface area contributed by atoms with Gasteiger partial charge in [-0.15, -0.1) is 11.3 Å². The smallest absolute Gasteiger partial charge is 0.331 e. The van der Waals surface area contributed by atoms with Crippen LogP contribution in [0.2, 0.25) is 0 Å². The van der Waals surface area contributed by atoms with E-state index < -0.39 is 6.03 Å². The van der Waals surface area contributed by atoms with Gasteiger partial charge in [0.05, 0.1) is 28.1 Å². The van der Waals surface area contributed by atoms with E-state index in [9.17, 15) is 14.4 Å². The molecule has 0 radical (unpaired) electrons. The Labute approximate surface area is 241 Å². The number of para-hydroxylation sites is 1. The number of rotatable bonds is 7. The van der Waals surface area contributed by atoms with Crippen LogP contribution in [0.1, 0.15) is 54.4 Å².